The number of nitrogens with two attached hydrogens (primary N) is 2. The third-order valence-electron chi connectivity index (χ3n) is 2.57. The summed E-state index contributed by atoms with van der Waals surface area (Å²) in [5.74, 6) is -0.969. The summed E-state index contributed by atoms with van der Waals surface area (Å²) in [5.41, 5.74) is 12.5. The number of halogens is 3. The highest BCUT2D eigenvalue weighted by atomic mass is 79.9. The minimum atomic E-state index is -0.508. The zero-order valence-corrected chi connectivity index (χ0v) is 12.4. The minimum absolute atomic E-state index is 0.0826. The second-order valence-electron chi connectivity index (χ2n) is 4.05. The molecule has 0 unspecified atom stereocenters. The number of nitrogens with one attached hydrogen (secondary N) is 1. The number of rotatable bonds is 2. The molecule has 0 aromatic heterocycles. The SMILES string of the molecule is Nc1ccc(C(=O)Nc2c(Cl)cc(F)cc2Br)c(N)c1. The molecule has 0 fully saturated rings. The van der Waals surface area contributed by atoms with Gasteiger partial charge in [-0.2, -0.15) is 0 Å². The lowest BCUT2D eigenvalue weighted by Gasteiger charge is -2.11. The number of anilines is 3. The fraction of sp³-hybridized carbons (Fsp3) is 0. The van der Waals surface area contributed by atoms with Gasteiger partial charge < -0.3 is 16.8 Å². The minimum Gasteiger partial charge on any atom is -0.399 e. The van der Waals surface area contributed by atoms with E-state index in [1.807, 2.05) is 0 Å². The van der Waals surface area contributed by atoms with Gasteiger partial charge in [0.05, 0.1) is 16.3 Å². The van der Waals surface area contributed by atoms with Crippen molar-refractivity contribution in [2.24, 2.45) is 0 Å². The van der Waals surface area contributed by atoms with Crippen LogP contribution in [0.25, 0.3) is 0 Å². The first kappa shape index (κ1) is 14.6. The lowest BCUT2D eigenvalue weighted by atomic mass is 10.1. The maximum atomic E-state index is 13.1. The predicted octanol–water partition coefficient (Wildman–Crippen LogP) is 3.66. The molecule has 5 N–H and O–H groups in total. The summed E-state index contributed by atoms with van der Waals surface area (Å²) in [7, 11) is 0. The van der Waals surface area contributed by atoms with E-state index >= 15 is 0 Å². The van der Waals surface area contributed by atoms with Crippen molar-refractivity contribution in [3.63, 3.8) is 0 Å². The van der Waals surface area contributed by atoms with Gasteiger partial charge in [-0.25, -0.2) is 4.39 Å². The number of hydrogen-bond acceptors (Lipinski definition) is 3. The van der Waals surface area contributed by atoms with E-state index < -0.39 is 11.7 Å². The number of nitrogen functional groups attached to an aromatic ring is 2. The molecule has 0 aliphatic heterocycles. The molecule has 0 aliphatic carbocycles. The monoisotopic (exact) mass is 357 g/mol. The summed E-state index contributed by atoms with van der Waals surface area (Å²) in [6.45, 7) is 0. The number of hydrogen-bond donors (Lipinski definition) is 3. The Hall–Kier alpha value is -1.79. The second kappa shape index (κ2) is 5.68. The van der Waals surface area contributed by atoms with E-state index in [-0.39, 0.29) is 22.0 Å². The summed E-state index contributed by atoms with van der Waals surface area (Å²) in [6.07, 6.45) is 0. The van der Waals surface area contributed by atoms with Crippen molar-refractivity contribution in [3.8, 4) is 0 Å². The van der Waals surface area contributed by atoms with Crippen LogP contribution in [0.15, 0.2) is 34.8 Å². The first-order chi connectivity index (χ1) is 9.38. The maximum Gasteiger partial charge on any atom is 0.257 e. The van der Waals surface area contributed by atoms with Gasteiger partial charge in [0.15, 0.2) is 0 Å². The van der Waals surface area contributed by atoms with Gasteiger partial charge in [0.1, 0.15) is 5.82 Å². The average molecular weight is 359 g/mol. The molecule has 1 amide bonds. The Morgan fingerprint density at radius 1 is 1.25 bits per heavy atom. The standard InChI is InChI=1S/C13H10BrClFN3O/c14-9-3-6(16)4-10(15)12(9)19-13(20)8-2-1-7(17)5-11(8)18/h1-5H,17-18H2,(H,19,20). The molecule has 2 aromatic carbocycles. The van der Waals surface area contributed by atoms with E-state index in [1.165, 1.54) is 18.2 Å². The topological polar surface area (TPSA) is 81.1 Å². The van der Waals surface area contributed by atoms with Crippen LogP contribution in [0.2, 0.25) is 5.02 Å². The van der Waals surface area contributed by atoms with Crippen LogP contribution in [-0.2, 0) is 0 Å². The predicted molar refractivity (Wildman–Crippen MR) is 82.3 cm³/mol. The van der Waals surface area contributed by atoms with Gasteiger partial charge in [-0.15, -0.1) is 0 Å². The molecule has 0 saturated heterocycles. The lowest BCUT2D eigenvalue weighted by molar-refractivity contribution is 0.102. The summed E-state index contributed by atoms with van der Waals surface area (Å²) < 4.78 is 13.5. The highest BCUT2D eigenvalue weighted by molar-refractivity contribution is 9.10. The number of carbonyl (C=O) groups excluding carboxylic acids is 1. The van der Waals surface area contributed by atoms with Gasteiger partial charge in [0.25, 0.3) is 5.91 Å². The van der Waals surface area contributed by atoms with Crippen LogP contribution in [-0.4, -0.2) is 5.91 Å². The van der Waals surface area contributed by atoms with Crippen LogP contribution >= 0.6 is 27.5 Å². The van der Waals surface area contributed by atoms with E-state index in [2.05, 4.69) is 21.2 Å². The van der Waals surface area contributed by atoms with Crippen LogP contribution in [0.1, 0.15) is 10.4 Å². The van der Waals surface area contributed by atoms with Crippen LogP contribution in [0.3, 0.4) is 0 Å². The molecule has 0 radical (unpaired) electrons. The van der Waals surface area contributed by atoms with Gasteiger partial charge in [-0.1, -0.05) is 11.6 Å². The number of benzene rings is 2. The van der Waals surface area contributed by atoms with Crippen molar-refractivity contribution in [2.75, 3.05) is 16.8 Å². The Labute approximate surface area is 128 Å². The highest BCUT2D eigenvalue weighted by Gasteiger charge is 2.15. The Bertz CT molecular complexity index is 670. The Kier molecular flexibility index (Phi) is 4.15. The van der Waals surface area contributed by atoms with E-state index in [4.69, 9.17) is 23.1 Å². The van der Waals surface area contributed by atoms with E-state index in [9.17, 15) is 9.18 Å². The van der Waals surface area contributed by atoms with Crippen LogP contribution in [0, 0.1) is 5.82 Å². The molecular formula is C13H10BrClFN3O. The molecule has 0 heterocycles. The molecule has 0 spiro atoms. The number of amides is 1. The second-order valence-corrected chi connectivity index (χ2v) is 5.31. The van der Waals surface area contributed by atoms with Crippen LogP contribution in [0.5, 0.6) is 0 Å². The number of carbonyl (C=O) groups is 1. The Balaban J connectivity index is 2.33. The lowest BCUT2D eigenvalue weighted by Crippen LogP contribution is -2.15. The van der Waals surface area contributed by atoms with E-state index in [0.717, 1.165) is 6.07 Å². The average Bonchev–Trinajstić information content (AvgIpc) is 2.33. The third kappa shape index (κ3) is 3.02. The van der Waals surface area contributed by atoms with Crippen LogP contribution in [0.4, 0.5) is 21.5 Å². The maximum absolute atomic E-state index is 13.1. The zero-order chi connectivity index (χ0) is 14.9. The van der Waals surface area contributed by atoms with E-state index in [1.54, 1.807) is 6.07 Å². The Morgan fingerprint density at radius 3 is 2.55 bits per heavy atom. The molecule has 0 aliphatic rings. The highest BCUT2D eigenvalue weighted by Crippen LogP contribution is 2.32. The first-order valence-corrected chi connectivity index (χ1v) is 6.66. The zero-order valence-electron chi connectivity index (χ0n) is 10.1. The van der Waals surface area contributed by atoms with Crippen molar-refractivity contribution >= 4 is 50.5 Å². The summed E-state index contributed by atoms with van der Waals surface area (Å²) in [4.78, 5) is 12.1. The Morgan fingerprint density at radius 2 is 1.95 bits per heavy atom. The third-order valence-corrected chi connectivity index (χ3v) is 3.49. The molecule has 104 valence electrons. The van der Waals surface area contributed by atoms with Crippen molar-refractivity contribution in [1.29, 1.82) is 0 Å². The molecule has 7 heteroatoms. The van der Waals surface area contributed by atoms with Crippen molar-refractivity contribution < 1.29 is 9.18 Å². The molecule has 0 bridgehead atoms. The summed E-state index contributed by atoms with van der Waals surface area (Å²) >= 11 is 9.03. The fourth-order valence-electron chi connectivity index (χ4n) is 1.63. The van der Waals surface area contributed by atoms with Crippen molar-refractivity contribution in [1.82, 2.24) is 0 Å². The van der Waals surface area contributed by atoms with Crippen molar-refractivity contribution in [3.05, 3.63) is 51.2 Å². The smallest absolute Gasteiger partial charge is 0.257 e. The van der Waals surface area contributed by atoms with E-state index in [0.29, 0.717) is 10.2 Å². The largest absolute Gasteiger partial charge is 0.399 e. The summed E-state index contributed by atoms with van der Waals surface area (Å²) in [5, 5.41) is 2.66. The quantitative estimate of drug-likeness (QED) is 0.717. The molecule has 0 saturated carbocycles. The molecule has 2 rings (SSSR count). The molecular weight excluding hydrogens is 349 g/mol. The van der Waals surface area contributed by atoms with Gasteiger partial charge in [-0.05, 0) is 46.3 Å². The van der Waals surface area contributed by atoms with Gasteiger partial charge in [0.2, 0.25) is 0 Å². The fourth-order valence-corrected chi connectivity index (χ4v) is 2.53. The summed E-state index contributed by atoms with van der Waals surface area (Å²) in [6, 6.07) is 6.86. The van der Waals surface area contributed by atoms with Gasteiger partial charge in [0, 0.05) is 15.8 Å². The van der Waals surface area contributed by atoms with Gasteiger partial charge >= 0.3 is 0 Å². The van der Waals surface area contributed by atoms with Crippen LogP contribution < -0.4 is 16.8 Å². The molecule has 0 atom stereocenters. The molecule has 4 nitrogen and oxygen atoms in total. The first-order valence-electron chi connectivity index (χ1n) is 5.49. The van der Waals surface area contributed by atoms with Crippen molar-refractivity contribution in [2.45, 2.75) is 0 Å². The normalized spacial score (nSPS) is 10.3. The molecule has 20 heavy (non-hydrogen) atoms. The molecule has 2 aromatic rings. The van der Waals surface area contributed by atoms with Gasteiger partial charge in [-0.3, -0.25) is 4.79 Å².